The number of hydrogen-bond acceptors (Lipinski definition) is 6. The quantitative estimate of drug-likeness (QED) is 0.237. The van der Waals surface area contributed by atoms with E-state index < -0.39 is 20.0 Å². The highest BCUT2D eigenvalue weighted by molar-refractivity contribution is 6.71. The first-order valence-electron chi connectivity index (χ1n) is 16.0. The molecule has 4 aromatic rings. The Morgan fingerprint density at radius 1 is 1.04 bits per heavy atom. The number of carbonyl (C=O) groups is 2. The fourth-order valence-electron chi connectivity index (χ4n) is 7.79. The summed E-state index contributed by atoms with van der Waals surface area (Å²) in [6.07, 6.45) is -0.155. The highest BCUT2D eigenvalue weighted by atomic mass is 28.4. The maximum atomic E-state index is 14.0. The van der Waals surface area contributed by atoms with Gasteiger partial charge in [-0.3, -0.25) is 14.5 Å². The Bertz CT molecular complexity index is 1830. The van der Waals surface area contributed by atoms with Crippen molar-refractivity contribution in [2.45, 2.75) is 63.2 Å². The lowest BCUT2D eigenvalue weighted by Crippen LogP contribution is -2.52. The maximum absolute atomic E-state index is 14.0. The van der Waals surface area contributed by atoms with Crippen LogP contribution in [0.4, 0.5) is 11.4 Å². The van der Waals surface area contributed by atoms with Crippen molar-refractivity contribution in [1.29, 1.82) is 0 Å². The van der Waals surface area contributed by atoms with Crippen LogP contribution in [0.25, 0.3) is 10.8 Å². The van der Waals surface area contributed by atoms with Gasteiger partial charge in [-0.15, -0.1) is 0 Å². The topological polar surface area (TPSA) is 99.5 Å². The molecule has 5 atom stereocenters. The molecular formula is C37H40N2O6Si. The van der Waals surface area contributed by atoms with Crippen molar-refractivity contribution < 1.29 is 29.0 Å². The Balaban J connectivity index is 1.19. The predicted molar refractivity (Wildman–Crippen MR) is 180 cm³/mol. The first kappa shape index (κ1) is 30.6. The third kappa shape index (κ3) is 5.02. The molecule has 3 aliphatic heterocycles. The number of fused-ring (bicyclic) bond motifs is 2. The zero-order chi connectivity index (χ0) is 32.3. The molecule has 3 aliphatic rings. The maximum Gasteiger partial charge on any atom is 0.263 e. The van der Waals surface area contributed by atoms with Crippen LogP contribution in [0.1, 0.15) is 46.5 Å². The number of hydrogen-bond donors (Lipinski definition) is 2. The van der Waals surface area contributed by atoms with E-state index in [2.05, 4.69) is 6.07 Å². The molecule has 8 nitrogen and oxygen atoms in total. The molecule has 0 bridgehead atoms. The van der Waals surface area contributed by atoms with E-state index in [1.165, 1.54) is 0 Å². The van der Waals surface area contributed by atoms with E-state index in [0.717, 1.165) is 38.8 Å². The number of anilines is 2. The zero-order valence-electron chi connectivity index (χ0n) is 26.6. The largest absolute Gasteiger partial charge is 0.490 e. The molecule has 0 saturated heterocycles. The molecule has 9 heteroatoms. The number of methoxy groups -OCH3 is 1. The Hall–Kier alpha value is -4.02. The second-order valence-corrected chi connectivity index (χ2v) is 17.5. The molecule has 7 rings (SSSR count). The van der Waals surface area contributed by atoms with Crippen molar-refractivity contribution in [2.24, 2.45) is 5.92 Å². The monoisotopic (exact) mass is 636 g/mol. The number of nitrogens with zero attached hydrogens (tertiary/aromatic N) is 2. The Kier molecular flexibility index (Phi) is 7.75. The van der Waals surface area contributed by atoms with Gasteiger partial charge in [-0.1, -0.05) is 55.5 Å². The minimum atomic E-state index is -2.96. The van der Waals surface area contributed by atoms with Crippen LogP contribution in [0.2, 0.25) is 18.6 Å². The number of benzene rings is 4. The average molecular weight is 637 g/mol. The van der Waals surface area contributed by atoms with Crippen LogP contribution in [-0.4, -0.2) is 60.8 Å². The van der Waals surface area contributed by atoms with Crippen molar-refractivity contribution in [3.63, 3.8) is 0 Å². The number of carbonyl (C=O) groups excluding carboxylic acids is 2. The summed E-state index contributed by atoms with van der Waals surface area (Å²) in [6.45, 7) is 6.06. The van der Waals surface area contributed by atoms with E-state index in [1.54, 1.807) is 16.9 Å². The van der Waals surface area contributed by atoms with Crippen LogP contribution in [0.5, 0.6) is 5.75 Å². The molecule has 0 aliphatic carbocycles. The van der Waals surface area contributed by atoms with Crippen LogP contribution in [0, 0.1) is 5.92 Å². The van der Waals surface area contributed by atoms with Gasteiger partial charge in [-0.25, -0.2) is 0 Å². The highest BCUT2D eigenvalue weighted by Gasteiger charge is 2.48. The van der Waals surface area contributed by atoms with Crippen molar-refractivity contribution in [3.05, 3.63) is 101 Å². The molecule has 4 aromatic carbocycles. The first-order chi connectivity index (χ1) is 22.1. The summed E-state index contributed by atoms with van der Waals surface area (Å²) in [7, 11) is -1.29. The number of rotatable bonds is 7. The average Bonchev–Trinajstić information content (AvgIpc) is 3.34. The van der Waals surface area contributed by atoms with Crippen molar-refractivity contribution in [1.82, 2.24) is 4.90 Å². The van der Waals surface area contributed by atoms with Crippen LogP contribution in [0.15, 0.2) is 78.9 Å². The van der Waals surface area contributed by atoms with Gasteiger partial charge in [0.1, 0.15) is 11.9 Å². The van der Waals surface area contributed by atoms with Gasteiger partial charge < -0.3 is 24.3 Å². The van der Waals surface area contributed by atoms with Gasteiger partial charge in [-0.05, 0) is 66.4 Å². The molecule has 1 unspecified atom stereocenters. The molecule has 46 heavy (non-hydrogen) atoms. The van der Waals surface area contributed by atoms with Gasteiger partial charge in [0.15, 0.2) is 8.32 Å². The summed E-state index contributed by atoms with van der Waals surface area (Å²) in [5.41, 5.74) is 4.90. The predicted octanol–water partition coefficient (Wildman–Crippen LogP) is 6.12. The lowest BCUT2D eigenvalue weighted by molar-refractivity contribution is -0.136. The van der Waals surface area contributed by atoms with Crippen LogP contribution >= 0.6 is 0 Å². The number of aliphatic hydroxyl groups excluding tert-OH is 1. The van der Waals surface area contributed by atoms with Gasteiger partial charge in [0.2, 0.25) is 5.91 Å². The van der Waals surface area contributed by atoms with Crippen molar-refractivity contribution in [3.8, 4) is 5.75 Å². The fraction of sp³-hybridized carbons (Fsp3) is 0.351. The van der Waals surface area contributed by atoms with E-state index in [-0.39, 0.29) is 42.9 Å². The van der Waals surface area contributed by atoms with Crippen molar-refractivity contribution in [2.75, 3.05) is 18.6 Å². The third-order valence-electron chi connectivity index (χ3n) is 10.2. The zero-order valence-corrected chi connectivity index (χ0v) is 27.6. The second-order valence-electron chi connectivity index (χ2n) is 13.4. The third-order valence-corrected chi connectivity index (χ3v) is 12.6. The summed E-state index contributed by atoms with van der Waals surface area (Å²) in [5.74, 6) is 0.254. The van der Waals surface area contributed by atoms with Gasteiger partial charge in [0, 0.05) is 48.2 Å². The lowest BCUT2D eigenvalue weighted by Gasteiger charge is -2.44. The second kappa shape index (κ2) is 11.6. The molecule has 0 fully saturated rings. The summed E-state index contributed by atoms with van der Waals surface area (Å²) in [5, 5.41) is 12.2. The molecular weight excluding hydrogens is 597 g/mol. The van der Waals surface area contributed by atoms with Gasteiger partial charge >= 0.3 is 0 Å². The highest BCUT2D eigenvalue weighted by Crippen LogP contribution is 2.49. The number of amides is 2. The summed E-state index contributed by atoms with van der Waals surface area (Å²) in [6, 6.07) is 25.2. The minimum Gasteiger partial charge on any atom is -0.490 e. The van der Waals surface area contributed by atoms with Gasteiger partial charge in [0.25, 0.3) is 5.91 Å². The standard InChI is InChI=1S/C37H40N2O6Si/c1-22-35(44-2)29-18-26(39-30-14-8-12-23-11-7-13-28(34(23)30)37(39)42)15-16-31(29)45-36(22)32(46(3,4)43)19-33(41)38-20-25-10-6-5-9-24(25)17-27(38)21-40/h5-16,18,22,27,32,35-36,40,43H,17,19-21H2,1-4H3/t22-,27-,32?,35-,36-/m0/s1. The van der Waals surface area contributed by atoms with Crippen molar-refractivity contribution >= 4 is 42.3 Å². The number of aliphatic hydroxyl groups is 1. The fourth-order valence-corrected chi connectivity index (χ4v) is 9.64. The normalized spacial score (nSPS) is 22.8. The molecule has 2 amide bonds. The molecule has 2 N–H and O–H groups in total. The Labute approximate surface area is 270 Å². The number of ether oxygens (including phenoxy) is 2. The molecule has 0 radical (unpaired) electrons. The van der Waals surface area contributed by atoms with Crippen LogP contribution in [0.3, 0.4) is 0 Å². The molecule has 0 aromatic heterocycles. The Morgan fingerprint density at radius 3 is 2.50 bits per heavy atom. The Morgan fingerprint density at radius 2 is 1.78 bits per heavy atom. The van der Waals surface area contributed by atoms with E-state index in [1.807, 2.05) is 92.8 Å². The molecule has 0 spiro atoms. The summed E-state index contributed by atoms with van der Waals surface area (Å²) >= 11 is 0. The van der Waals surface area contributed by atoms with E-state index in [9.17, 15) is 19.5 Å². The minimum absolute atomic E-state index is 0.0727. The SMILES string of the molecule is CO[C@@H]1c2cc(N3C(=O)c4cccc5cccc3c45)ccc2O[C@H](C(CC(=O)N2Cc3ccccc3C[C@H]2CO)[Si](C)(C)O)[C@H]1C. The van der Waals surface area contributed by atoms with E-state index in [0.29, 0.717) is 24.3 Å². The lowest BCUT2D eigenvalue weighted by atomic mass is 9.86. The van der Waals surface area contributed by atoms with E-state index >= 15 is 0 Å². The van der Waals surface area contributed by atoms with E-state index in [4.69, 9.17) is 9.47 Å². The summed E-state index contributed by atoms with van der Waals surface area (Å²) in [4.78, 5) is 42.8. The van der Waals surface area contributed by atoms with Crippen LogP contribution in [-0.2, 0) is 22.5 Å². The molecule has 3 heterocycles. The van der Waals surface area contributed by atoms with Gasteiger partial charge in [0.05, 0.1) is 30.0 Å². The van der Waals surface area contributed by atoms with Crippen LogP contribution < -0.4 is 9.64 Å². The summed E-state index contributed by atoms with van der Waals surface area (Å²) < 4.78 is 12.8. The first-order valence-corrected chi connectivity index (χ1v) is 19.0. The molecule has 0 saturated carbocycles. The molecule has 238 valence electrons. The smallest absolute Gasteiger partial charge is 0.263 e. The van der Waals surface area contributed by atoms with Gasteiger partial charge in [-0.2, -0.15) is 0 Å².